The molecule has 3 saturated carbocycles. The Morgan fingerprint density at radius 1 is 0.833 bits per heavy atom. The molecule has 36 heavy (non-hydrogen) atoms. The minimum absolute atomic E-state index is 0.322. The van der Waals surface area contributed by atoms with Gasteiger partial charge in [0.1, 0.15) is 0 Å². The fourth-order valence-corrected chi connectivity index (χ4v) is 8.01. The van der Waals surface area contributed by atoms with Crippen molar-refractivity contribution in [2.75, 3.05) is 0 Å². The molecule has 0 aromatic carbocycles. The summed E-state index contributed by atoms with van der Waals surface area (Å²) in [6, 6.07) is 0. The lowest BCUT2D eigenvalue weighted by atomic mass is 9.67. The molecule has 3 fully saturated rings. The summed E-state index contributed by atoms with van der Waals surface area (Å²) in [5.41, 5.74) is 7.09. The lowest BCUT2D eigenvalue weighted by molar-refractivity contribution is 0.246. The summed E-state index contributed by atoms with van der Waals surface area (Å²) in [6.07, 6.45) is 19.8. The van der Waals surface area contributed by atoms with Gasteiger partial charge in [-0.25, -0.2) is 0 Å². The third-order valence-electron chi connectivity index (χ3n) is 10.8. The molecule has 3 aliphatic carbocycles. The van der Waals surface area contributed by atoms with Gasteiger partial charge in [0.25, 0.3) is 0 Å². The van der Waals surface area contributed by atoms with Crippen LogP contribution in [0.2, 0.25) is 0 Å². The van der Waals surface area contributed by atoms with Crippen molar-refractivity contribution in [3.63, 3.8) is 0 Å². The molecule has 202 valence electrons. The number of hydrogen-bond acceptors (Lipinski definition) is 0. The van der Waals surface area contributed by atoms with Gasteiger partial charge in [-0.1, -0.05) is 133 Å². The van der Waals surface area contributed by atoms with Gasteiger partial charge in [0, 0.05) is 0 Å². The molecule has 0 bridgehead atoms. The zero-order chi connectivity index (χ0) is 26.5. The predicted octanol–water partition coefficient (Wildman–Crippen LogP) is 11.4. The van der Waals surface area contributed by atoms with Gasteiger partial charge in [0.15, 0.2) is 0 Å². The molecule has 0 aromatic rings. The van der Waals surface area contributed by atoms with Crippen molar-refractivity contribution in [1.29, 1.82) is 0 Å². The second-order valence-electron chi connectivity index (χ2n) is 13.9. The van der Waals surface area contributed by atoms with E-state index in [2.05, 4.69) is 47.4 Å². The Balaban J connectivity index is 1.78. The molecule has 4 atom stereocenters. The molecule has 0 spiro atoms. The van der Waals surface area contributed by atoms with Crippen LogP contribution in [0.5, 0.6) is 0 Å². The molecule has 3 aliphatic rings. The predicted molar refractivity (Wildman–Crippen MR) is 161 cm³/mol. The van der Waals surface area contributed by atoms with Gasteiger partial charge in [-0.05, 0) is 92.8 Å². The zero-order valence-corrected chi connectivity index (χ0v) is 24.6. The van der Waals surface area contributed by atoms with Crippen LogP contribution in [0.4, 0.5) is 0 Å². The fraction of sp³-hybridized carbons (Fsp3) is 0.722. The molecule has 0 nitrogen and oxygen atoms in total. The van der Waals surface area contributed by atoms with Gasteiger partial charge in [0.2, 0.25) is 0 Å². The van der Waals surface area contributed by atoms with Crippen LogP contribution in [0.15, 0.2) is 60.8 Å². The molecule has 3 unspecified atom stereocenters. The minimum atomic E-state index is 0.322. The minimum Gasteiger partial charge on any atom is -0.0998 e. The summed E-state index contributed by atoms with van der Waals surface area (Å²) < 4.78 is 0. The van der Waals surface area contributed by atoms with Gasteiger partial charge in [-0.2, -0.15) is 0 Å². The summed E-state index contributed by atoms with van der Waals surface area (Å²) in [5.74, 6) is 3.99. The summed E-state index contributed by atoms with van der Waals surface area (Å²) in [7, 11) is 0. The second-order valence-corrected chi connectivity index (χ2v) is 13.9. The largest absolute Gasteiger partial charge is 0.0998 e. The van der Waals surface area contributed by atoms with Crippen molar-refractivity contribution in [2.24, 2.45) is 40.9 Å². The highest BCUT2D eigenvalue weighted by Gasteiger charge is 2.48. The van der Waals surface area contributed by atoms with E-state index in [1.54, 1.807) is 5.57 Å². The lowest BCUT2D eigenvalue weighted by Crippen LogP contribution is -2.27. The Hall–Kier alpha value is -1.30. The molecule has 0 N–H and O–H groups in total. The van der Waals surface area contributed by atoms with Gasteiger partial charge >= 0.3 is 0 Å². The second kappa shape index (κ2) is 13.0. The zero-order valence-electron chi connectivity index (χ0n) is 24.6. The summed E-state index contributed by atoms with van der Waals surface area (Å²) in [6.45, 7) is 32.2. The summed E-state index contributed by atoms with van der Waals surface area (Å²) in [5, 5.41) is 0. The highest BCUT2D eigenvalue weighted by Crippen LogP contribution is 2.57. The van der Waals surface area contributed by atoms with Crippen molar-refractivity contribution in [3.8, 4) is 0 Å². The normalized spacial score (nSPS) is 27.9. The maximum atomic E-state index is 4.95. The van der Waals surface area contributed by atoms with Crippen LogP contribution in [0.3, 0.4) is 0 Å². The molecule has 0 aromatic heterocycles. The third-order valence-corrected chi connectivity index (χ3v) is 10.8. The molecular formula is C36H58. The molecule has 0 heteroatoms. The topological polar surface area (TPSA) is 0 Å². The molecule has 0 aliphatic heterocycles. The molecule has 0 heterocycles. The van der Waals surface area contributed by atoms with Crippen LogP contribution in [-0.4, -0.2) is 0 Å². The van der Waals surface area contributed by atoms with Crippen molar-refractivity contribution in [3.05, 3.63) is 60.8 Å². The Kier molecular flexibility index (Phi) is 10.5. The van der Waals surface area contributed by atoms with Gasteiger partial charge in [0.05, 0.1) is 0 Å². The van der Waals surface area contributed by atoms with Gasteiger partial charge < -0.3 is 0 Å². The van der Waals surface area contributed by atoms with Gasteiger partial charge in [-0.3, -0.25) is 0 Å². The Morgan fingerprint density at radius 3 is 2.00 bits per heavy atom. The van der Waals surface area contributed by atoms with Crippen molar-refractivity contribution < 1.29 is 0 Å². The first-order valence-corrected chi connectivity index (χ1v) is 15.4. The monoisotopic (exact) mass is 490 g/mol. The van der Waals surface area contributed by atoms with Crippen LogP contribution < -0.4 is 0 Å². The SMILES string of the molecule is C=C(CC1CCCCC1)CC(C(=C)C1CC(C)(C)C(C)[C@H]1C(=C)CCC(=C)C(=C)C)C1CCCCC1. The number of rotatable bonds is 12. The molecule has 0 amide bonds. The standard InChI is InChI=1S/C36H58/c1-25(2)27(4)20-21-28(5)35-30(7)36(8,9)24-34(35)29(6)33(32-18-14-11-15-19-32)23-26(3)22-31-16-12-10-13-17-31/h30-35H,1,3-6,10-24H2,2,7-9H3/t30?,33?,34?,35-/m1/s1. The van der Waals surface area contributed by atoms with E-state index in [1.807, 2.05) is 0 Å². The first-order valence-electron chi connectivity index (χ1n) is 15.4. The number of hydrogen-bond donors (Lipinski definition) is 0. The van der Waals surface area contributed by atoms with Crippen LogP contribution in [-0.2, 0) is 0 Å². The molecular weight excluding hydrogens is 432 g/mol. The molecule has 0 radical (unpaired) electrons. The molecule has 3 rings (SSSR count). The van der Waals surface area contributed by atoms with Crippen LogP contribution in [0.1, 0.15) is 124 Å². The van der Waals surface area contributed by atoms with Crippen molar-refractivity contribution >= 4 is 0 Å². The van der Waals surface area contributed by atoms with E-state index >= 15 is 0 Å². The van der Waals surface area contributed by atoms with E-state index in [9.17, 15) is 0 Å². The summed E-state index contributed by atoms with van der Waals surface area (Å²) >= 11 is 0. The van der Waals surface area contributed by atoms with E-state index < -0.39 is 0 Å². The third kappa shape index (κ3) is 7.39. The number of allylic oxidation sites excluding steroid dienone is 5. The van der Waals surface area contributed by atoms with E-state index in [4.69, 9.17) is 13.2 Å². The van der Waals surface area contributed by atoms with Crippen molar-refractivity contribution in [1.82, 2.24) is 0 Å². The highest BCUT2D eigenvalue weighted by atomic mass is 14.5. The summed E-state index contributed by atoms with van der Waals surface area (Å²) in [4.78, 5) is 0. The quantitative estimate of drug-likeness (QED) is 0.188. The maximum absolute atomic E-state index is 4.95. The fourth-order valence-electron chi connectivity index (χ4n) is 8.01. The molecule has 0 saturated heterocycles. The lowest BCUT2D eigenvalue weighted by Gasteiger charge is -2.37. The van der Waals surface area contributed by atoms with E-state index in [0.29, 0.717) is 29.1 Å². The first-order chi connectivity index (χ1) is 17.0. The first kappa shape index (κ1) is 29.3. The van der Waals surface area contributed by atoms with Crippen molar-refractivity contribution in [2.45, 2.75) is 124 Å². The van der Waals surface area contributed by atoms with Gasteiger partial charge in [-0.15, -0.1) is 0 Å². The smallest absolute Gasteiger partial charge is 0.0109 e. The Labute approximate surface area is 225 Å². The van der Waals surface area contributed by atoms with Crippen LogP contribution in [0.25, 0.3) is 0 Å². The maximum Gasteiger partial charge on any atom is -0.0109 e. The van der Waals surface area contributed by atoms with E-state index in [0.717, 1.165) is 30.3 Å². The average Bonchev–Trinajstić information content (AvgIpc) is 3.10. The average molecular weight is 491 g/mol. The van der Waals surface area contributed by atoms with E-state index in [-0.39, 0.29) is 0 Å². The van der Waals surface area contributed by atoms with E-state index in [1.165, 1.54) is 100 Å². The Morgan fingerprint density at radius 2 is 1.42 bits per heavy atom. The van der Waals surface area contributed by atoms with Crippen LogP contribution in [0, 0.1) is 40.9 Å². The highest BCUT2D eigenvalue weighted by molar-refractivity contribution is 5.27. The van der Waals surface area contributed by atoms with Crippen LogP contribution >= 0.6 is 0 Å². The Bertz CT molecular complexity index is 807.